The molecule has 0 spiro atoms. The number of benzene rings is 3. The summed E-state index contributed by atoms with van der Waals surface area (Å²) in [6.45, 7) is 2.02. The van der Waals surface area contributed by atoms with Crippen molar-refractivity contribution in [3.8, 4) is 0 Å². The first-order chi connectivity index (χ1) is 13.2. The van der Waals surface area contributed by atoms with Gasteiger partial charge in [-0.2, -0.15) is 5.11 Å². The van der Waals surface area contributed by atoms with Crippen LogP contribution in [0.2, 0.25) is 0 Å². The predicted molar refractivity (Wildman–Crippen MR) is 107 cm³/mol. The molecule has 0 amide bonds. The van der Waals surface area contributed by atoms with E-state index < -0.39 is 5.66 Å². The zero-order chi connectivity index (χ0) is 18.3. The van der Waals surface area contributed by atoms with Gasteiger partial charge in [0.05, 0.1) is 5.36 Å². The molecular formula is C23H18N4. The summed E-state index contributed by atoms with van der Waals surface area (Å²) in [5.74, 6) is 0.732. The normalized spacial score (nSPS) is 18.8. The third-order valence-corrected chi connectivity index (χ3v) is 4.92. The minimum Gasteiger partial charge on any atom is -0.338 e. The topological polar surface area (TPSA) is 52.9 Å². The number of H-pyrrole nitrogens is 1. The van der Waals surface area contributed by atoms with Crippen molar-refractivity contribution in [2.45, 2.75) is 12.6 Å². The van der Waals surface area contributed by atoms with Crippen LogP contribution in [0.5, 0.6) is 0 Å². The van der Waals surface area contributed by atoms with Gasteiger partial charge in [-0.1, -0.05) is 66.7 Å². The Labute approximate surface area is 156 Å². The number of rotatable bonds is 3. The smallest absolute Gasteiger partial charge is 0.195 e. The van der Waals surface area contributed by atoms with Crippen molar-refractivity contribution < 1.29 is 0 Å². The summed E-state index contributed by atoms with van der Waals surface area (Å²) in [6.07, 6.45) is 0. The molecule has 1 atom stereocenters. The van der Waals surface area contributed by atoms with Crippen molar-refractivity contribution in [2.24, 2.45) is 15.2 Å². The first kappa shape index (κ1) is 15.7. The number of hydrogen-bond acceptors (Lipinski definition) is 3. The third-order valence-electron chi connectivity index (χ3n) is 4.92. The Morgan fingerprint density at radius 2 is 1.59 bits per heavy atom. The molecule has 0 saturated carbocycles. The lowest BCUT2D eigenvalue weighted by Gasteiger charge is -2.19. The van der Waals surface area contributed by atoms with E-state index in [0.29, 0.717) is 0 Å². The maximum atomic E-state index is 4.90. The molecule has 130 valence electrons. The highest BCUT2D eigenvalue weighted by molar-refractivity contribution is 5.83. The van der Waals surface area contributed by atoms with Crippen LogP contribution in [0.15, 0.2) is 100 Å². The van der Waals surface area contributed by atoms with Gasteiger partial charge >= 0.3 is 0 Å². The Morgan fingerprint density at radius 3 is 2.44 bits per heavy atom. The number of azo groups is 1. The van der Waals surface area contributed by atoms with E-state index in [0.717, 1.165) is 38.4 Å². The van der Waals surface area contributed by atoms with E-state index in [9.17, 15) is 0 Å². The molecule has 4 aromatic rings. The van der Waals surface area contributed by atoms with Crippen LogP contribution in [0.4, 0.5) is 5.82 Å². The molecule has 1 unspecified atom stereocenters. The Hall–Kier alpha value is -3.53. The van der Waals surface area contributed by atoms with E-state index in [4.69, 9.17) is 4.99 Å². The highest BCUT2D eigenvalue weighted by Gasteiger charge is 2.33. The molecule has 1 N–H and O–H groups in total. The van der Waals surface area contributed by atoms with Gasteiger partial charge in [0.25, 0.3) is 0 Å². The van der Waals surface area contributed by atoms with Gasteiger partial charge in [-0.3, -0.25) is 0 Å². The molecule has 1 aliphatic heterocycles. The van der Waals surface area contributed by atoms with Crippen molar-refractivity contribution in [3.05, 3.63) is 101 Å². The summed E-state index contributed by atoms with van der Waals surface area (Å²) in [4.78, 5) is 8.20. The van der Waals surface area contributed by atoms with Gasteiger partial charge in [-0.15, -0.1) is 5.11 Å². The summed E-state index contributed by atoms with van der Waals surface area (Å²) >= 11 is 0. The standard InChI is InChI=1S/C23H18N4/c1-23(27-26-21-15-17-11-5-7-13-19(17)24-21)22(16-9-3-2-4-10-16)18-12-6-8-14-20(18)25-23/h2-15,24H,1H3. The van der Waals surface area contributed by atoms with Crippen LogP contribution in [0.25, 0.3) is 16.5 Å². The van der Waals surface area contributed by atoms with E-state index >= 15 is 0 Å². The average molecular weight is 350 g/mol. The first-order valence-corrected chi connectivity index (χ1v) is 8.99. The lowest BCUT2D eigenvalue weighted by Crippen LogP contribution is -2.24. The molecule has 0 saturated heterocycles. The van der Waals surface area contributed by atoms with Gasteiger partial charge < -0.3 is 4.98 Å². The monoisotopic (exact) mass is 350 g/mol. The van der Waals surface area contributed by atoms with Crippen molar-refractivity contribution in [1.29, 1.82) is 0 Å². The number of fused-ring (bicyclic) bond motifs is 2. The lowest BCUT2D eigenvalue weighted by atomic mass is 9.94. The molecule has 1 aliphatic rings. The van der Waals surface area contributed by atoms with E-state index in [2.05, 4.69) is 39.5 Å². The van der Waals surface area contributed by atoms with Crippen LogP contribution in [-0.2, 0) is 0 Å². The molecule has 1 aromatic heterocycles. The van der Waals surface area contributed by atoms with Gasteiger partial charge in [0.15, 0.2) is 11.5 Å². The molecule has 0 fully saturated rings. The number of nitrogens with one attached hydrogen (secondary N) is 1. The van der Waals surface area contributed by atoms with Gasteiger partial charge in [0.1, 0.15) is 0 Å². The van der Waals surface area contributed by atoms with Crippen molar-refractivity contribution in [3.63, 3.8) is 0 Å². The molecule has 3 aromatic carbocycles. The Morgan fingerprint density at radius 1 is 0.852 bits per heavy atom. The van der Waals surface area contributed by atoms with Gasteiger partial charge in [-0.25, -0.2) is 4.99 Å². The molecule has 4 heteroatoms. The molecule has 0 aliphatic carbocycles. The fourth-order valence-corrected chi connectivity index (χ4v) is 3.70. The van der Waals surface area contributed by atoms with E-state index in [1.165, 1.54) is 0 Å². The quantitative estimate of drug-likeness (QED) is 0.529. The van der Waals surface area contributed by atoms with Crippen LogP contribution in [-0.4, -0.2) is 10.6 Å². The molecule has 0 radical (unpaired) electrons. The molecular weight excluding hydrogens is 332 g/mol. The molecule has 27 heavy (non-hydrogen) atoms. The number of hydrogen-bond donors (Lipinski definition) is 1. The fraction of sp³-hybridized carbons (Fsp3) is 0.0870. The van der Waals surface area contributed by atoms with Crippen LogP contribution >= 0.6 is 0 Å². The number of aromatic amines is 1. The summed E-state index contributed by atoms with van der Waals surface area (Å²) in [5.41, 5.74) is 2.49. The fourth-order valence-electron chi connectivity index (χ4n) is 3.70. The summed E-state index contributed by atoms with van der Waals surface area (Å²) in [6, 6.07) is 28.6. The van der Waals surface area contributed by atoms with Gasteiger partial charge in [0, 0.05) is 21.7 Å². The highest BCUT2D eigenvalue weighted by Crippen LogP contribution is 2.33. The maximum absolute atomic E-state index is 4.90. The Bertz CT molecular complexity index is 1250. The second-order valence-electron chi connectivity index (χ2n) is 6.83. The first-order valence-electron chi connectivity index (χ1n) is 8.99. The van der Waals surface area contributed by atoms with Crippen molar-refractivity contribution in [1.82, 2.24) is 4.98 Å². The van der Waals surface area contributed by atoms with Crippen molar-refractivity contribution in [2.75, 3.05) is 0 Å². The largest absolute Gasteiger partial charge is 0.338 e. The van der Waals surface area contributed by atoms with E-state index in [1.807, 2.05) is 67.6 Å². The van der Waals surface area contributed by atoms with Crippen LogP contribution < -0.4 is 10.6 Å². The Balaban J connectivity index is 1.65. The maximum Gasteiger partial charge on any atom is 0.195 e. The van der Waals surface area contributed by atoms with E-state index in [1.54, 1.807) is 0 Å². The second kappa shape index (κ2) is 6.02. The minimum absolute atomic E-state index is 0.732. The van der Waals surface area contributed by atoms with Gasteiger partial charge in [0.2, 0.25) is 0 Å². The van der Waals surface area contributed by atoms with Crippen LogP contribution in [0.1, 0.15) is 12.5 Å². The SMILES string of the molecule is CC1(N=Nc2cc3ccccc3[nH]2)N=c2ccccc2=C1c1ccccc1. The highest BCUT2D eigenvalue weighted by atomic mass is 15.3. The van der Waals surface area contributed by atoms with Crippen LogP contribution in [0, 0.1) is 0 Å². The van der Waals surface area contributed by atoms with Gasteiger partial charge in [-0.05, 0) is 30.7 Å². The zero-order valence-electron chi connectivity index (χ0n) is 14.9. The van der Waals surface area contributed by atoms with Crippen LogP contribution in [0.3, 0.4) is 0 Å². The average Bonchev–Trinajstić information content (AvgIpc) is 3.25. The van der Waals surface area contributed by atoms with E-state index in [-0.39, 0.29) is 0 Å². The third kappa shape index (κ3) is 2.66. The molecule has 0 bridgehead atoms. The van der Waals surface area contributed by atoms with Crippen molar-refractivity contribution >= 4 is 22.3 Å². The minimum atomic E-state index is -0.762. The lowest BCUT2D eigenvalue weighted by molar-refractivity contribution is 0.603. The second-order valence-corrected chi connectivity index (χ2v) is 6.83. The Kier molecular flexibility index (Phi) is 3.50. The summed E-state index contributed by atoms with van der Waals surface area (Å²) < 4.78 is 0. The zero-order valence-corrected chi connectivity index (χ0v) is 14.9. The number of para-hydroxylation sites is 2. The number of aromatic nitrogens is 1. The predicted octanol–water partition coefficient (Wildman–Crippen LogP) is 4.50. The molecule has 2 heterocycles. The summed E-state index contributed by atoms with van der Waals surface area (Å²) in [7, 11) is 0. The summed E-state index contributed by atoms with van der Waals surface area (Å²) in [5, 5.41) is 12.4. The number of nitrogens with zero attached hydrogens (tertiary/aromatic N) is 3. The molecule has 5 rings (SSSR count). The molecule has 4 nitrogen and oxygen atoms in total.